The maximum Gasteiger partial charge on any atom is 0.260 e. The third-order valence-electron chi connectivity index (χ3n) is 3.62. The van der Waals surface area contributed by atoms with Gasteiger partial charge in [-0.15, -0.1) is 0 Å². The molecule has 0 aromatic heterocycles. The first kappa shape index (κ1) is 13.8. The van der Waals surface area contributed by atoms with E-state index in [4.69, 9.17) is 5.73 Å². The van der Waals surface area contributed by atoms with E-state index < -0.39 is 11.7 Å². The van der Waals surface area contributed by atoms with Crippen LogP contribution in [-0.2, 0) is 0 Å². The second kappa shape index (κ2) is 5.57. The Bertz CT molecular complexity index is 456. The molecule has 104 valence electrons. The largest absolute Gasteiger partial charge is 0.507 e. The molecule has 1 aliphatic heterocycles. The van der Waals surface area contributed by atoms with Gasteiger partial charge in [0.2, 0.25) is 0 Å². The number of aromatic hydroxyl groups is 1. The van der Waals surface area contributed by atoms with E-state index in [2.05, 4.69) is 0 Å². The quantitative estimate of drug-likeness (QED) is 0.858. The van der Waals surface area contributed by atoms with Crippen molar-refractivity contribution in [2.24, 2.45) is 5.73 Å². The number of nitrogens with zero attached hydrogens (tertiary/aromatic N) is 1. The maximum absolute atomic E-state index is 13.7. The topological polar surface area (TPSA) is 66.6 Å². The van der Waals surface area contributed by atoms with Crippen molar-refractivity contribution in [2.45, 2.75) is 38.3 Å². The second-order valence-electron chi connectivity index (χ2n) is 5.05. The third-order valence-corrected chi connectivity index (χ3v) is 3.62. The molecule has 5 heteroatoms. The molecule has 0 radical (unpaired) electrons. The highest BCUT2D eigenvalue weighted by molar-refractivity contribution is 5.97. The summed E-state index contributed by atoms with van der Waals surface area (Å²) in [5.41, 5.74) is 5.64. The van der Waals surface area contributed by atoms with E-state index in [0.717, 1.165) is 19.3 Å². The lowest BCUT2D eigenvalue weighted by Crippen LogP contribution is -2.51. The van der Waals surface area contributed by atoms with Crippen LogP contribution in [0.4, 0.5) is 4.39 Å². The van der Waals surface area contributed by atoms with Crippen molar-refractivity contribution in [2.75, 3.05) is 6.54 Å². The van der Waals surface area contributed by atoms with Crippen LogP contribution < -0.4 is 5.73 Å². The molecule has 2 atom stereocenters. The minimum atomic E-state index is -0.695. The first-order chi connectivity index (χ1) is 9.02. The molecule has 4 nitrogen and oxygen atoms in total. The van der Waals surface area contributed by atoms with Gasteiger partial charge in [0, 0.05) is 18.6 Å². The zero-order valence-electron chi connectivity index (χ0n) is 11.0. The number of hydrogen-bond donors (Lipinski definition) is 2. The van der Waals surface area contributed by atoms with Gasteiger partial charge in [-0.1, -0.05) is 6.07 Å². The molecule has 0 spiro atoms. The number of likely N-dealkylation sites (tertiary alicyclic amines) is 1. The average molecular weight is 266 g/mol. The lowest BCUT2D eigenvalue weighted by molar-refractivity contribution is 0.0576. The number of nitrogens with two attached hydrogens (primary N) is 1. The van der Waals surface area contributed by atoms with Crippen LogP contribution in [0.2, 0.25) is 0 Å². The van der Waals surface area contributed by atoms with E-state index >= 15 is 0 Å². The van der Waals surface area contributed by atoms with Crippen LogP contribution in [0.5, 0.6) is 5.75 Å². The number of rotatable bonds is 2. The summed E-state index contributed by atoms with van der Waals surface area (Å²) in [6.45, 7) is 2.40. The molecule has 0 saturated carbocycles. The third kappa shape index (κ3) is 2.71. The molecule has 0 bridgehead atoms. The fourth-order valence-corrected chi connectivity index (χ4v) is 2.62. The maximum atomic E-state index is 13.7. The molecule has 1 saturated heterocycles. The normalized spacial score (nSPS) is 21.2. The Morgan fingerprint density at radius 3 is 2.89 bits per heavy atom. The molecule has 1 aromatic carbocycles. The highest BCUT2D eigenvalue weighted by Gasteiger charge is 2.32. The number of amides is 1. The predicted octanol–water partition coefficient (Wildman–Crippen LogP) is 1.87. The number of carbonyl (C=O) groups is 1. The molecule has 1 aliphatic rings. The van der Waals surface area contributed by atoms with Crippen LogP contribution in [0.25, 0.3) is 0 Å². The average Bonchev–Trinajstić information content (AvgIpc) is 2.38. The van der Waals surface area contributed by atoms with E-state index in [1.165, 1.54) is 18.2 Å². The number of carbonyl (C=O) groups excluding carboxylic acids is 1. The molecule has 0 aliphatic carbocycles. The van der Waals surface area contributed by atoms with Crippen LogP contribution in [0, 0.1) is 5.82 Å². The first-order valence-electron chi connectivity index (χ1n) is 6.56. The van der Waals surface area contributed by atoms with Gasteiger partial charge in [0.05, 0.1) is 0 Å². The van der Waals surface area contributed by atoms with Gasteiger partial charge in [-0.3, -0.25) is 4.79 Å². The Kier molecular flexibility index (Phi) is 4.04. The van der Waals surface area contributed by atoms with E-state index in [0.29, 0.717) is 6.54 Å². The van der Waals surface area contributed by atoms with Crippen LogP contribution in [-0.4, -0.2) is 34.5 Å². The van der Waals surface area contributed by atoms with Crippen LogP contribution >= 0.6 is 0 Å². The molecule has 1 aromatic rings. The summed E-state index contributed by atoms with van der Waals surface area (Å²) in [5, 5.41) is 9.70. The Morgan fingerprint density at radius 2 is 2.26 bits per heavy atom. The highest BCUT2D eigenvalue weighted by Crippen LogP contribution is 2.26. The zero-order chi connectivity index (χ0) is 14.0. The molecule has 2 rings (SSSR count). The van der Waals surface area contributed by atoms with Crippen LogP contribution in [0.1, 0.15) is 36.5 Å². The summed E-state index contributed by atoms with van der Waals surface area (Å²) in [6, 6.07) is 3.61. The van der Waals surface area contributed by atoms with Gasteiger partial charge in [-0.05, 0) is 38.3 Å². The van der Waals surface area contributed by atoms with E-state index in [-0.39, 0.29) is 23.4 Å². The van der Waals surface area contributed by atoms with Crippen molar-refractivity contribution in [1.29, 1.82) is 0 Å². The zero-order valence-corrected chi connectivity index (χ0v) is 11.0. The van der Waals surface area contributed by atoms with Crippen molar-refractivity contribution in [3.8, 4) is 5.75 Å². The van der Waals surface area contributed by atoms with Crippen molar-refractivity contribution in [3.05, 3.63) is 29.6 Å². The molecular formula is C14H19FN2O2. The van der Waals surface area contributed by atoms with Gasteiger partial charge in [0.25, 0.3) is 5.91 Å². The number of hydrogen-bond acceptors (Lipinski definition) is 3. The molecule has 1 fully saturated rings. The van der Waals surface area contributed by atoms with Crippen LogP contribution in [0.15, 0.2) is 18.2 Å². The fraction of sp³-hybridized carbons (Fsp3) is 0.500. The number of phenols is 1. The van der Waals surface area contributed by atoms with Crippen LogP contribution in [0.3, 0.4) is 0 Å². The summed E-state index contributed by atoms with van der Waals surface area (Å²) in [6.07, 6.45) is 2.71. The summed E-state index contributed by atoms with van der Waals surface area (Å²) in [5.74, 6) is -1.49. The molecule has 3 N–H and O–H groups in total. The van der Waals surface area contributed by atoms with Gasteiger partial charge < -0.3 is 15.7 Å². The molecule has 19 heavy (non-hydrogen) atoms. The van der Waals surface area contributed by atoms with Crippen molar-refractivity contribution >= 4 is 5.91 Å². The molecule has 1 amide bonds. The fourth-order valence-electron chi connectivity index (χ4n) is 2.62. The van der Waals surface area contributed by atoms with Gasteiger partial charge in [-0.2, -0.15) is 0 Å². The van der Waals surface area contributed by atoms with Crippen molar-refractivity contribution in [3.63, 3.8) is 0 Å². The number of halogens is 1. The van der Waals surface area contributed by atoms with Crippen molar-refractivity contribution in [1.82, 2.24) is 4.90 Å². The predicted molar refractivity (Wildman–Crippen MR) is 70.4 cm³/mol. The number of piperidine rings is 1. The second-order valence-corrected chi connectivity index (χ2v) is 5.05. The van der Waals surface area contributed by atoms with E-state index in [1.54, 1.807) is 4.90 Å². The Balaban J connectivity index is 2.32. The standard InChI is InChI=1S/C14H19FN2O2/c1-9(16)11-6-2-3-8-17(11)14(19)13-10(15)5-4-7-12(13)18/h4-5,7,9,11,18H,2-3,6,8,16H2,1H3. The lowest BCUT2D eigenvalue weighted by atomic mass is 9.96. The Morgan fingerprint density at radius 1 is 1.53 bits per heavy atom. The number of phenolic OH excluding ortho intramolecular Hbond substituents is 1. The monoisotopic (exact) mass is 266 g/mol. The Labute approximate surface area is 112 Å². The van der Waals surface area contributed by atoms with Crippen molar-refractivity contribution < 1.29 is 14.3 Å². The van der Waals surface area contributed by atoms with Gasteiger partial charge >= 0.3 is 0 Å². The summed E-state index contributed by atoms with van der Waals surface area (Å²) >= 11 is 0. The van der Waals surface area contributed by atoms with Gasteiger partial charge in [0.15, 0.2) is 0 Å². The van der Waals surface area contributed by atoms with Gasteiger partial charge in [0.1, 0.15) is 17.1 Å². The first-order valence-corrected chi connectivity index (χ1v) is 6.56. The summed E-state index contributed by atoms with van der Waals surface area (Å²) in [7, 11) is 0. The minimum Gasteiger partial charge on any atom is -0.507 e. The summed E-state index contributed by atoms with van der Waals surface area (Å²) in [4.78, 5) is 14.0. The molecule has 1 heterocycles. The SMILES string of the molecule is CC(N)C1CCCCN1C(=O)c1c(O)cccc1F. The molecular weight excluding hydrogens is 247 g/mol. The minimum absolute atomic E-state index is 0.0970. The Hall–Kier alpha value is -1.62. The van der Waals surface area contributed by atoms with Gasteiger partial charge in [-0.25, -0.2) is 4.39 Å². The van der Waals surface area contributed by atoms with E-state index in [9.17, 15) is 14.3 Å². The molecule has 2 unspecified atom stereocenters. The van der Waals surface area contributed by atoms with E-state index in [1.807, 2.05) is 6.92 Å². The lowest BCUT2D eigenvalue weighted by Gasteiger charge is -2.38. The summed E-state index contributed by atoms with van der Waals surface area (Å²) < 4.78 is 13.7. The number of benzene rings is 1. The smallest absolute Gasteiger partial charge is 0.260 e. The highest BCUT2D eigenvalue weighted by atomic mass is 19.1.